The highest BCUT2D eigenvalue weighted by Crippen LogP contribution is 2.48. The summed E-state index contributed by atoms with van der Waals surface area (Å²) in [5.41, 5.74) is 0.255. The van der Waals surface area contributed by atoms with Crippen molar-refractivity contribution < 1.29 is 4.74 Å². The van der Waals surface area contributed by atoms with Crippen LogP contribution < -0.4 is 0 Å². The molecular formula is C14H28O. The molecule has 1 rings (SSSR count). The topological polar surface area (TPSA) is 9.23 Å². The number of rotatable bonds is 7. The van der Waals surface area contributed by atoms with E-state index < -0.39 is 0 Å². The molecule has 0 radical (unpaired) electrons. The maximum absolute atomic E-state index is 6.22. The van der Waals surface area contributed by atoms with Gasteiger partial charge in [-0.2, -0.15) is 0 Å². The first kappa shape index (κ1) is 13.0. The second-order valence-corrected chi connectivity index (χ2v) is 5.01. The van der Waals surface area contributed by atoms with Crippen molar-refractivity contribution in [3.05, 3.63) is 0 Å². The number of hydrogen-bond acceptors (Lipinski definition) is 1. The molecule has 0 spiro atoms. The standard InChI is InChI=1S/C14H28O/c1-5-9-12-13(10-6-2)15-14(12,8-4)11-7-3/h12-13H,5-11H2,1-4H3. The molecule has 1 heteroatoms. The van der Waals surface area contributed by atoms with Crippen LogP contribution in [0.15, 0.2) is 0 Å². The first-order chi connectivity index (χ1) is 7.24. The van der Waals surface area contributed by atoms with Crippen LogP contribution in [0.25, 0.3) is 0 Å². The van der Waals surface area contributed by atoms with Crippen molar-refractivity contribution in [1.82, 2.24) is 0 Å². The Morgan fingerprint density at radius 3 is 2.07 bits per heavy atom. The van der Waals surface area contributed by atoms with Gasteiger partial charge in [0.05, 0.1) is 11.7 Å². The lowest BCUT2D eigenvalue weighted by atomic mass is 9.69. The van der Waals surface area contributed by atoms with E-state index in [1.165, 1.54) is 44.9 Å². The van der Waals surface area contributed by atoms with Crippen LogP contribution in [0.2, 0.25) is 0 Å². The first-order valence-corrected chi connectivity index (χ1v) is 6.91. The van der Waals surface area contributed by atoms with Crippen LogP contribution in [0.1, 0.15) is 72.6 Å². The van der Waals surface area contributed by atoms with Crippen LogP contribution in [0, 0.1) is 5.92 Å². The molecule has 15 heavy (non-hydrogen) atoms. The molecule has 0 bridgehead atoms. The lowest BCUT2D eigenvalue weighted by molar-refractivity contribution is -0.269. The molecule has 0 N–H and O–H groups in total. The summed E-state index contributed by atoms with van der Waals surface area (Å²) >= 11 is 0. The van der Waals surface area contributed by atoms with E-state index in [0.717, 1.165) is 5.92 Å². The van der Waals surface area contributed by atoms with Crippen molar-refractivity contribution >= 4 is 0 Å². The Balaban J connectivity index is 2.58. The molecule has 3 atom stereocenters. The number of ether oxygens (including phenoxy) is 1. The maximum Gasteiger partial charge on any atom is 0.0736 e. The van der Waals surface area contributed by atoms with Gasteiger partial charge < -0.3 is 4.74 Å². The van der Waals surface area contributed by atoms with Crippen molar-refractivity contribution in [3.8, 4) is 0 Å². The molecule has 3 unspecified atom stereocenters. The molecular weight excluding hydrogens is 184 g/mol. The minimum atomic E-state index is 0.255. The Morgan fingerprint density at radius 1 is 0.933 bits per heavy atom. The normalized spacial score (nSPS) is 35.2. The van der Waals surface area contributed by atoms with Gasteiger partial charge in [-0.15, -0.1) is 0 Å². The molecule has 1 heterocycles. The van der Waals surface area contributed by atoms with Gasteiger partial charge in [-0.05, 0) is 25.7 Å². The minimum absolute atomic E-state index is 0.255. The van der Waals surface area contributed by atoms with E-state index in [1.807, 2.05) is 0 Å². The molecule has 0 aromatic carbocycles. The predicted octanol–water partition coefficient (Wildman–Crippen LogP) is 4.55. The minimum Gasteiger partial charge on any atom is -0.371 e. The van der Waals surface area contributed by atoms with E-state index in [9.17, 15) is 0 Å². The molecule has 0 aromatic heterocycles. The average molecular weight is 212 g/mol. The molecule has 0 amide bonds. The predicted molar refractivity (Wildman–Crippen MR) is 66.1 cm³/mol. The van der Waals surface area contributed by atoms with Gasteiger partial charge in [-0.25, -0.2) is 0 Å². The lowest BCUT2D eigenvalue weighted by Gasteiger charge is -2.56. The van der Waals surface area contributed by atoms with Gasteiger partial charge in [0.2, 0.25) is 0 Å². The summed E-state index contributed by atoms with van der Waals surface area (Å²) in [6, 6.07) is 0. The fourth-order valence-electron chi connectivity index (χ4n) is 3.23. The third-order valence-corrected chi connectivity index (χ3v) is 3.96. The van der Waals surface area contributed by atoms with E-state index in [0.29, 0.717) is 6.10 Å². The van der Waals surface area contributed by atoms with Gasteiger partial charge in [0, 0.05) is 5.92 Å². The summed E-state index contributed by atoms with van der Waals surface area (Å²) in [6.07, 6.45) is 9.47. The zero-order chi connectivity index (χ0) is 11.3. The molecule has 1 saturated heterocycles. The summed E-state index contributed by atoms with van der Waals surface area (Å²) in [5.74, 6) is 0.840. The van der Waals surface area contributed by atoms with Crippen molar-refractivity contribution in [1.29, 1.82) is 0 Å². The average Bonchev–Trinajstić information content (AvgIpc) is 2.24. The summed E-state index contributed by atoms with van der Waals surface area (Å²) in [7, 11) is 0. The van der Waals surface area contributed by atoms with Crippen molar-refractivity contribution in [2.75, 3.05) is 0 Å². The van der Waals surface area contributed by atoms with E-state index in [2.05, 4.69) is 27.7 Å². The lowest BCUT2D eigenvalue weighted by Crippen LogP contribution is -2.59. The second-order valence-electron chi connectivity index (χ2n) is 5.01. The monoisotopic (exact) mass is 212 g/mol. The molecule has 1 fully saturated rings. The highest BCUT2D eigenvalue weighted by molar-refractivity contribution is 5.00. The molecule has 0 aromatic rings. The smallest absolute Gasteiger partial charge is 0.0736 e. The SMILES string of the molecule is CCCC1OC(CC)(CCC)C1CCC. The fourth-order valence-corrected chi connectivity index (χ4v) is 3.23. The highest BCUT2D eigenvalue weighted by atomic mass is 16.5. The zero-order valence-corrected chi connectivity index (χ0v) is 11.0. The van der Waals surface area contributed by atoms with Crippen LogP contribution in [-0.4, -0.2) is 11.7 Å². The molecule has 1 aliphatic heterocycles. The Labute approximate surface area is 95.6 Å². The summed E-state index contributed by atoms with van der Waals surface area (Å²) in [4.78, 5) is 0. The van der Waals surface area contributed by atoms with Crippen molar-refractivity contribution in [3.63, 3.8) is 0 Å². The van der Waals surface area contributed by atoms with E-state index >= 15 is 0 Å². The van der Waals surface area contributed by atoms with Crippen LogP contribution in [0.5, 0.6) is 0 Å². The molecule has 0 aliphatic carbocycles. The van der Waals surface area contributed by atoms with Crippen LogP contribution in [-0.2, 0) is 4.74 Å². The van der Waals surface area contributed by atoms with Crippen LogP contribution >= 0.6 is 0 Å². The zero-order valence-electron chi connectivity index (χ0n) is 11.0. The molecule has 1 nitrogen and oxygen atoms in total. The Morgan fingerprint density at radius 2 is 1.60 bits per heavy atom. The van der Waals surface area contributed by atoms with Crippen molar-refractivity contribution in [2.45, 2.75) is 84.3 Å². The van der Waals surface area contributed by atoms with Gasteiger partial charge in [0.1, 0.15) is 0 Å². The molecule has 90 valence electrons. The van der Waals surface area contributed by atoms with Crippen LogP contribution in [0.3, 0.4) is 0 Å². The highest BCUT2D eigenvalue weighted by Gasteiger charge is 2.51. The Bertz CT molecular complexity index is 178. The number of hydrogen-bond donors (Lipinski definition) is 0. The van der Waals surface area contributed by atoms with Gasteiger partial charge in [-0.1, -0.05) is 47.0 Å². The van der Waals surface area contributed by atoms with E-state index in [4.69, 9.17) is 4.74 Å². The summed E-state index contributed by atoms with van der Waals surface area (Å²) in [5, 5.41) is 0. The van der Waals surface area contributed by atoms with Gasteiger partial charge in [-0.3, -0.25) is 0 Å². The summed E-state index contributed by atoms with van der Waals surface area (Å²) in [6.45, 7) is 9.13. The Hall–Kier alpha value is -0.0400. The second kappa shape index (κ2) is 5.89. The van der Waals surface area contributed by atoms with Crippen LogP contribution in [0.4, 0.5) is 0 Å². The van der Waals surface area contributed by atoms with Gasteiger partial charge in [0.25, 0.3) is 0 Å². The third kappa shape index (κ3) is 2.55. The Kier molecular flexibility index (Phi) is 5.11. The van der Waals surface area contributed by atoms with Crippen molar-refractivity contribution in [2.24, 2.45) is 5.92 Å². The van der Waals surface area contributed by atoms with Gasteiger partial charge in [0.15, 0.2) is 0 Å². The molecule has 0 saturated carbocycles. The van der Waals surface area contributed by atoms with E-state index in [1.54, 1.807) is 0 Å². The third-order valence-electron chi connectivity index (χ3n) is 3.96. The first-order valence-electron chi connectivity index (χ1n) is 6.91. The largest absolute Gasteiger partial charge is 0.371 e. The van der Waals surface area contributed by atoms with E-state index in [-0.39, 0.29) is 5.60 Å². The fraction of sp³-hybridized carbons (Fsp3) is 1.00. The quantitative estimate of drug-likeness (QED) is 0.601. The molecule has 1 aliphatic rings. The summed E-state index contributed by atoms with van der Waals surface area (Å²) < 4.78 is 6.22. The van der Waals surface area contributed by atoms with Gasteiger partial charge >= 0.3 is 0 Å². The maximum atomic E-state index is 6.22.